The minimum atomic E-state index is -0.0375. The largest absolute Gasteiger partial charge is 0.316 e. The van der Waals surface area contributed by atoms with Crippen molar-refractivity contribution in [3.63, 3.8) is 0 Å². The smallest absolute Gasteiger partial charge is 0.127 e. The minimum Gasteiger partial charge on any atom is -0.316 e. The monoisotopic (exact) mass is 248 g/mol. The molecular weight excluding hydrogens is 227 g/mol. The van der Waals surface area contributed by atoms with Gasteiger partial charge in [0.15, 0.2) is 0 Å². The highest BCUT2D eigenvalue weighted by molar-refractivity contribution is 5.28. The predicted octanol–water partition coefficient (Wildman–Crippen LogP) is 2.04. The quantitative estimate of drug-likeness (QED) is 0.880. The number of nitrogens with zero attached hydrogens (tertiary/aromatic N) is 1. The summed E-state index contributed by atoms with van der Waals surface area (Å²) in [6.07, 6.45) is 0.912. The number of halogens is 1. The van der Waals surface area contributed by atoms with Crippen molar-refractivity contribution < 1.29 is 4.39 Å². The molecule has 1 N–H and O–H groups in total. The summed E-state index contributed by atoms with van der Waals surface area (Å²) in [6.45, 7) is 7.40. The maximum Gasteiger partial charge on any atom is 0.127 e. The van der Waals surface area contributed by atoms with E-state index in [0.29, 0.717) is 0 Å². The molecule has 0 aliphatic carbocycles. The second-order valence-electron chi connectivity index (χ2n) is 5.60. The highest BCUT2D eigenvalue weighted by Crippen LogP contribution is 2.28. The minimum absolute atomic E-state index is 0.0375. The Kier molecular flexibility index (Phi) is 3.35. The van der Waals surface area contributed by atoms with Crippen LogP contribution in [0.4, 0.5) is 4.39 Å². The first-order valence-corrected chi connectivity index (χ1v) is 6.97. The maximum absolute atomic E-state index is 13.9. The van der Waals surface area contributed by atoms with Crippen molar-refractivity contribution in [2.24, 2.45) is 11.8 Å². The number of hydrogen-bond donors (Lipinski definition) is 1. The van der Waals surface area contributed by atoms with Crippen LogP contribution in [0.3, 0.4) is 0 Å². The zero-order valence-electron chi connectivity index (χ0n) is 11.0. The summed E-state index contributed by atoms with van der Waals surface area (Å²) in [6, 6.07) is 5.46. The van der Waals surface area contributed by atoms with E-state index >= 15 is 0 Å². The third-order valence-corrected chi connectivity index (χ3v) is 4.44. The van der Waals surface area contributed by atoms with Gasteiger partial charge < -0.3 is 5.32 Å². The van der Waals surface area contributed by atoms with Crippen molar-refractivity contribution in [1.29, 1.82) is 0 Å². The first-order valence-electron chi connectivity index (χ1n) is 6.97. The van der Waals surface area contributed by atoms with E-state index in [1.54, 1.807) is 6.07 Å². The Labute approximate surface area is 108 Å². The van der Waals surface area contributed by atoms with Crippen LogP contribution in [0.1, 0.15) is 18.1 Å². The third kappa shape index (κ3) is 2.17. The van der Waals surface area contributed by atoms with Gasteiger partial charge in [-0.25, -0.2) is 4.39 Å². The average molecular weight is 248 g/mol. The van der Waals surface area contributed by atoms with Gasteiger partial charge in [0.05, 0.1) is 0 Å². The van der Waals surface area contributed by atoms with E-state index in [0.717, 1.165) is 62.1 Å². The summed E-state index contributed by atoms with van der Waals surface area (Å²) in [5.74, 6) is 1.52. The molecule has 0 amide bonds. The van der Waals surface area contributed by atoms with Crippen molar-refractivity contribution in [2.45, 2.75) is 19.9 Å². The number of nitrogens with one attached hydrogen (secondary N) is 1. The molecule has 0 radical (unpaired) electrons. The van der Waals surface area contributed by atoms with Gasteiger partial charge in [-0.05, 0) is 43.0 Å². The Morgan fingerprint density at radius 1 is 1.28 bits per heavy atom. The number of likely N-dealkylation sites (tertiary alicyclic amines) is 1. The van der Waals surface area contributed by atoms with Gasteiger partial charge in [0.25, 0.3) is 0 Å². The molecule has 2 aliphatic heterocycles. The average Bonchev–Trinajstić information content (AvgIpc) is 2.92. The van der Waals surface area contributed by atoms with Crippen LogP contribution in [-0.2, 0) is 13.0 Å². The van der Waals surface area contributed by atoms with Gasteiger partial charge >= 0.3 is 0 Å². The SMILES string of the molecule is CCc1cccc(F)c1CN1C[C@H]2CNC[C@H]2C1. The van der Waals surface area contributed by atoms with Crippen LogP contribution in [0.15, 0.2) is 18.2 Å². The van der Waals surface area contributed by atoms with E-state index in [1.165, 1.54) is 0 Å². The molecule has 2 atom stereocenters. The molecule has 3 heteroatoms. The summed E-state index contributed by atoms with van der Waals surface area (Å²) >= 11 is 0. The highest BCUT2D eigenvalue weighted by atomic mass is 19.1. The molecule has 0 unspecified atom stereocenters. The lowest BCUT2D eigenvalue weighted by atomic mass is 10.0. The van der Waals surface area contributed by atoms with Gasteiger partial charge in [-0.2, -0.15) is 0 Å². The van der Waals surface area contributed by atoms with Crippen molar-refractivity contribution in [3.05, 3.63) is 35.1 Å². The fraction of sp³-hybridized carbons (Fsp3) is 0.600. The van der Waals surface area contributed by atoms with E-state index in [1.807, 2.05) is 6.07 Å². The van der Waals surface area contributed by atoms with Crippen LogP contribution < -0.4 is 5.32 Å². The van der Waals surface area contributed by atoms with Gasteiger partial charge in [-0.1, -0.05) is 19.1 Å². The van der Waals surface area contributed by atoms with Gasteiger partial charge in [-0.15, -0.1) is 0 Å². The van der Waals surface area contributed by atoms with Crippen LogP contribution >= 0.6 is 0 Å². The molecular formula is C15H21FN2. The summed E-state index contributed by atoms with van der Waals surface area (Å²) < 4.78 is 13.9. The van der Waals surface area contributed by atoms with E-state index < -0.39 is 0 Å². The summed E-state index contributed by atoms with van der Waals surface area (Å²) in [7, 11) is 0. The van der Waals surface area contributed by atoms with Crippen molar-refractivity contribution >= 4 is 0 Å². The highest BCUT2D eigenvalue weighted by Gasteiger charge is 2.36. The van der Waals surface area contributed by atoms with Gasteiger partial charge in [0.1, 0.15) is 5.82 Å². The van der Waals surface area contributed by atoms with E-state index in [4.69, 9.17) is 0 Å². The van der Waals surface area contributed by atoms with Crippen LogP contribution in [0, 0.1) is 17.7 Å². The Hall–Kier alpha value is -0.930. The molecule has 1 aromatic carbocycles. The third-order valence-electron chi connectivity index (χ3n) is 4.44. The standard InChI is InChI=1S/C15H21FN2/c1-2-11-4-3-5-15(16)14(11)10-18-8-12-6-17-7-13(12)9-18/h3-5,12-13,17H,2,6-10H2,1H3/t12-,13+. The number of rotatable bonds is 3. The molecule has 2 fully saturated rings. The van der Waals surface area contributed by atoms with Crippen LogP contribution in [0.5, 0.6) is 0 Å². The van der Waals surface area contributed by atoms with Crippen molar-refractivity contribution in [2.75, 3.05) is 26.2 Å². The zero-order valence-corrected chi connectivity index (χ0v) is 11.0. The fourth-order valence-electron chi connectivity index (χ4n) is 3.42. The predicted molar refractivity (Wildman–Crippen MR) is 70.9 cm³/mol. The lowest BCUT2D eigenvalue weighted by Gasteiger charge is -2.19. The molecule has 2 saturated heterocycles. The fourth-order valence-corrected chi connectivity index (χ4v) is 3.42. The molecule has 0 saturated carbocycles. The van der Waals surface area contributed by atoms with E-state index in [-0.39, 0.29) is 5.82 Å². The first kappa shape index (κ1) is 12.1. The number of benzene rings is 1. The van der Waals surface area contributed by atoms with E-state index in [9.17, 15) is 4.39 Å². The topological polar surface area (TPSA) is 15.3 Å². The molecule has 0 bridgehead atoms. The normalized spacial score (nSPS) is 27.7. The van der Waals surface area contributed by atoms with Crippen LogP contribution in [0.25, 0.3) is 0 Å². The number of fused-ring (bicyclic) bond motifs is 1. The molecule has 2 heterocycles. The molecule has 1 aromatic rings. The summed E-state index contributed by atoms with van der Waals surface area (Å²) in [4.78, 5) is 2.42. The van der Waals surface area contributed by atoms with Crippen molar-refractivity contribution in [1.82, 2.24) is 10.2 Å². The van der Waals surface area contributed by atoms with Gasteiger partial charge in [-0.3, -0.25) is 4.90 Å². The van der Waals surface area contributed by atoms with Crippen LogP contribution in [-0.4, -0.2) is 31.1 Å². The summed E-state index contributed by atoms with van der Waals surface area (Å²) in [5, 5.41) is 3.44. The van der Waals surface area contributed by atoms with Gasteiger partial charge in [0.2, 0.25) is 0 Å². The number of hydrogen-bond acceptors (Lipinski definition) is 2. The van der Waals surface area contributed by atoms with E-state index in [2.05, 4.69) is 23.2 Å². The number of aryl methyl sites for hydroxylation is 1. The zero-order chi connectivity index (χ0) is 12.5. The maximum atomic E-state index is 13.9. The second kappa shape index (κ2) is 4.98. The van der Waals surface area contributed by atoms with Crippen molar-refractivity contribution in [3.8, 4) is 0 Å². The molecule has 2 aliphatic rings. The van der Waals surface area contributed by atoms with Gasteiger partial charge in [0, 0.05) is 25.2 Å². The Morgan fingerprint density at radius 3 is 2.67 bits per heavy atom. The summed E-state index contributed by atoms with van der Waals surface area (Å²) in [5.41, 5.74) is 2.07. The molecule has 2 nitrogen and oxygen atoms in total. The molecule has 0 spiro atoms. The molecule has 18 heavy (non-hydrogen) atoms. The Morgan fingerprint density at radius 2 is 2.00 bits per heavy atom. The molecule has 98 valence electrons. The lowest BCUT2D eigenvalue weighted by molar-refractivity contribution is 0.300. The Bertz CT molecular complexity index is 421. The first-order chi connectivity index (χ1) is 8.78. The second-order valence-corrected chi connectivity index (χ2v) is 5.60. The Balaban J connectivity index is 1.73. The molecule has 0 aromatic heterocycles. The lowest BCUT2D eigenvalue weighted by Crippen LogP contribution is -2.26. The van der Waals surface area contributed by atoms with Crippen LogP contribution in [0.2, 0.25) is 0 Å². The molecule has 3 rings (SSSR count).